The highest BCUT2D eigenvalue weighted by molar-refractivity contribution is 7.89. The first-order chi connectivity index (χ1) is 13.6. The Bertz CT molecular complexity index is 678. The van der Waals surface area contributed by atoms with Crippen LogP contribution in [0.2, 0.25) is 0 Å². The number of rotatable bonds is 12. The van der Waals surface area contributed by atoms with Crippen molar-refractivity contribution < 1.29 is 17.9 Å². The Labute approximate surface area is 167 Å². The van der Waals surface area contributed by atoms with Crippen molar-refractivity contribution in [3.8, 4) is 0 Å². The van der Waals surface area contributed by atoms with Crippen LogP contribution in [0.5, 0.6) is 0 Å². The van der Waals surface area contributed by atoms with Gasteiger partial charge in [-0.05, 0) is 38.3 Å². The zero-order valence-corrected chi connectivity index (χ0v) is 17.2. The third-order valence-electron chi connectivity index (χ3n) is 4.04. The van der Waals surface area contributed by atoms with Gasteiger partial charge in [-0.1, -0.05) is 0 Å². The van der Waals surface area contributed by atoms with Crippen LogP contribution in [0.25, 0.3) is 0 Å². The minimum Gasteiger partial charge on any atom is -0.379 e. The lowest BCUT2D eigenvalue weighted by Crippen LogP contribution is -2.41. The molecule has 1 saturated heterocycles. The first kappa shape index (κ1) is 22.5. The fourth-order valence-electron chi connectivity index (χ4n) is 2.65. The van der Waals surface area contributed by atoms with Crippen molar-refractivity contribution in [2.24, 2.45) is 4.99 Å². The van der Waals surface area contributed by atoms with E-state index in [0.29, 0.717) is 32.3 Å². The van der Waals surface area contributed by atoms with Crippen molar-refractivity contribution in [1.29, 1.82) is 0 Å². The summed E-state index contributed by atoms with van der Waals surface area (Å²) in [6, 6.07) is 3.10. The predicted octanol–water partition coefficient (Wildman–Crippen LogP) is 0.501. The Morgan fingerprint density at radius 3 is 3.00 bits per heavy atom. The molecule has 2 heterocycles. The summed E-state index contributed by atoms with van der Waals surface area (Å²) in [6.45, 7) is 6.13. The van der Waals surface area contributed by atoms with E-state index in [0.717, 1.165) is 32.4 Å². The van der Waals surface area contributed by atoms with Gasteiger partial charge in [0.25, 0.3) is 0 Å². The van der Waals surface area contributed by atoms with Gasteiger partial charge in [0.05, 0.1) is 12.7 Å². The van der Waals surface area contributed by atoms with Crippen LogP contribution in [0.15, 0.2) is 34.4 Å². The number of aromatic nitrogens is 1. The van der Waals surface area contributed by atoms with Crippen molar-refractivity contribution in [3.05, 3.63) is 24.5 Å². The van der Waals surface area contributed by atoms with Gasteiger partial charge in [0.15, 0.2) is 5.96 Å². The molecule has 158 valence electrons. The number of hydrogen-bond donors (Lipinski definition) is 3. The smallest absolute Gasteiger partial charge is 0.242 e. The van der Waals surface area contributed by atoms with Crippen molar-refractivity contribution in [1.82, 2.24) is 20.3 Å². The number of nitrogens with one attached hydrogen (secondary N) is 3. The number of pyridine rings is 1. The van der Waals surface area contributed by atoms with Gasteiger partial charge in [0, 0.05) is 51.8 Å². The van der Waals surface area contributed by atoms with Crippen LogP contribution >= 0.6 is 0 Å². The molecule has 0 spiro atoms. The Hall–Kier alpha value is -1.75. The number of aliphatic imine (C=N–C) groups is 1. The fourth-order valence-corrected chi connectivity index (χ4v) is 3.64. The van der Waals surface area contributed by atoms with E-state index in [1.807, 2.05) is 6.92 Å². The van der Waals surface area contributed by atoms with Gasteiger partial charge < -0.3 is 20.1 Å². The van der Waals surface area contributed by atoms with Gasteiger partial charge in [-0.2, -0.15) is 0 Å². The zero-order valence-electron chi connectivity index (χ0n) is 16.4. The Balaban J connectivity index is 1.62. The number of nitrogens with zero attached hydrogens (tertiary/aromatic N) is 2. The predicted molar refractivity (Wildman–Crippen MR) is 108 cm³/mol. The minimum absolute atomic E-state index is 0.151. The molecule has 1 unspecified atom stereocenters. The maximum atomic E-state index is 12.1. The van der Waals surface area contributed by atoms with Crippen LogP contribution < -0.4 is 15.4 Å². The second-order valence-electron chi connectivity index (χ2n) is 6.34. The third-order valence-corrected chi connectivity index (χ3v) is 5.49. The van der Waals surface area contributed by atoms with Gasteiger partial charge in [-0.25, -0.2) is 13.1 Å². The van der Waals surface area contributed by atoms with Crippen LogP contribution in [0.3, 0.4) is 0 Å². The minimum atomic E-state index is -3.54. The molecule has 0 bridgehead atoms. The summed E-state index contributed by atoms with van der Waals surface area (Å²) < 4.78 is 37.9. The van der Waals surface area contributed by atoms with E-state index >= 15 is 0 Å². The summed E-state index contributed by atoms with van der Waals surface area (Å²) in [6.07, 6.45) is 6.12. The first-order valence-corrected chi connectivity index (χ1v) is 11.2. The molecular formula is C18H31N5O4S. The Kier molecular flexibility index (Phi) is 10.2. The summed E-state index contributed by atoms with van der Waals surface area (Å²) in [5.41, 5.74) is 0. The average molecular weight is 414 g/mol. The van der Waals surface area contributed by atoms with Crippen LogP contribution in [0.1, 0.15) is 26.2 Å². The lowest BCUT2D eigenvalue weighted by Gasteiger charge is -2.12. The molecule has 28 heavy (non-hydrogen) atoms. The Morgan fingerprint density at radius 1 is 1.39 bits per heavy atom. The van der Waals surface area contributed by atoms with Gasteiger partial charge in [-0.15, -0.1) is 0 Å². The number of sulfonamides is 1. The first-order valence-electron chi connectivity index (χ1n) is 9.73. The van der Waals surface area contributed by atoms with E-state index in [4.69, 9.17) is 9.47 Å². The quantitative estimate of drug-likeness (QED) is 0.260. The molecule has 1 atom stereocenters. The summed E-state index contributed by atoms with van der Waals surface area (Å²) in [5, 5.41) is 6.25. The molecule has 1 aliphatic heterocycles. The van der Waals surface area contributed by atoms with E-state index in [1.54, 1.807) is 6.07 Å². The number of ether oxygens (including phenoxy) is 2. The SMILES string of the molecule is CCNC(=NCCCOCC1CCCO1)NCCNS(=O)(=O)c1cccnc1. The highest BCUT2D eigenvalue weighted by Crippen LogP contribution is 2.11. The van der Waals surface area contributed by atoms with Crippen molar-refractivity contribution in [2.75, 3.05) is 46.0 Å². The van der Waals surface area contributed by atoms with Crippen molar-refractivity contribution >= 4 is 16.0 Å². The molecule has 1 aliphatic rings. The molecule has 0 aliphatic carbocycles. The topological polar surface area (TPSA) is 114 Å². The summed E-state index contributed by atoms with van der Waals surface area (Å²) >= 11 is 0. The molecular weight excluding hydrogens is 382 g/mol. The molecule has 0 amide bonds. The standard InChI is InChI=1S/C18H31N5O4S/c1-2-20-18(21-9-5-12-26-15-16-6-4-13-27-16)22-10-11-23-28(24,25)17-7-3-8-19-14-17/h3,7-8,14,16,23H,2,4-6,9-13,15H2,1H3,(H2,20,21,22). The van der Waals surface area contributed by atoms with E-state index in [2.05, 4.69) is 25.3 Å². The van der Waals surface area contributed by atoms with Gasteiger partial charge >= 0.3 is 0 Å². The summed E-state index contributed by atoms with van der Waals surface area (Å²) in [7, 11) is -3.54. The average Bonchev–Trinajstić information content (AvgIpc) is 3.22. The molecule has 1 fully saturated rings. The fraction of sp³-hybridized carbons (Fsp3) is 0.667. The van der Waals surface area contributed by atoms with Crippen molar-refractivity contribution in [3.63, 3.8) is 0 Å². The molecule has 0 aromatic carbocycles. The van der Waals surface area contributed by atoms with E-state index in [-0.39, 0.29) is 17.5 Å². The number of hydrogen-bond acceptors (Lipinski definition) is 6. The maximum absolute atomic E-state index is 12.1. The van der Waals surface area contributed by atoms with Crippen LogP contribution in [-0.4, -0.2) is 71.5 Å². The van der Waals surface area contributed by atoms with Crippen molar-refractivity contribution in [2.45, 2.75) is 37.2 Å². The molecule has 10 heteroatoms. The monoisotopic (exact) mass is 413 g/mol. The Morgan fingerprint density at radius 2 is 2.29 bits per heavy atom. The largest absolute Gasteiger partial charge is 0.379 e. The van der Waals surface area contributed by atoms with E-state index in [1.165, 1.54) is 18.5 Å². The second kappa shape index (κ2) is 12.7. The lowest BCUT2D eigenvalue weighted by atomic mass is 10.2. The number of guanidine groups is 1. The van der Waals surface area contributed by atoms with Gasteiger partial charge in [-0.3, -0.25) is 9.98 Å². The van der Waals surface area contributed by atoms with E-state index < -0.39 is 10.0 Å². The zero-order chi connectivity index (χ0) is 20.1. The molecule has 0 saturated carbocycles. The molecule has 1 aromatic rings. The molecule has 2 rings (SSSR count). The van der Waals surface area contributed by atoms with Crippen LogP contribution in [0.4, 0.5) is 0 Å². The summed E-state index contributed by atoms with van der Waals surface area (Å²) in [5.74, 6) is 0.655. The molecule has 9 nitrogen and oxygen atoms in total. The summed E-state index contributed by atoms with van der Waals surface area (Å²) in [4.78, 5) is 8.45. The van der Waals surface area contributed by atoms with E-state index in [9.17, 15) is 8.42 Å². The molecule has 1 aromatic heterocycles. The third kappa shape index (κ3) is 8.51. The van der Waals surface area contributed by atoms with Crippen LogP contribution in [-0.2, 0) is 19.5 Å². The molecule has 3 N–H and O–H groups in total. The van der Waals surface area contributed by atoms with Gasteiger partial charge in [0.1, 0.15) is 4.90 Å². The van der Waals surface area contributed by atoms with Crippen LogP contribution in [0, 0.1) is 0 Å². The van der Waals surface area contributed by atoms with Gasteiger partial charge in [0.2, 0.25) is 10.0 Å². The second-order valence-corrected chi connectivity index (χ2v) is 8.10. The molecule has 0 radical (unpaired) electrons. The highest BCUT2D eigenvalue weighted by atomic mass is 32.2. The normalized spacial score (nSPS) is 17.6. The lowest BCUT2D eigenvalue weighted by molar-refractivity contribution is 0.0171. The maximum Gasteiger partial charge on any atom is 0.242 e. The highest BCUT2D eigenvalue weighted by Gasteiger charge is 2.15.